The first-order valence-electron chi connectivity index (χ1n) is 8.24. The summed E-state index contributed by atoms with van der Waals surface area (Å²) >= 11 is 1.62. The number of nitrogens with two attached hydrogens (primary N) is 1. The topological polar surface area (TPSA) is 83.0 Å². The number of thioether (sulfide) groups is 1. The van der Waals surface area contributed by atoms with Crippen molar-refractivity contribution in [1.82, 2.24) is 14.8 Å². The summed E-state index contributed by atoms with van der Waals surface area (Å²) in [6.07, 6.45) is 2.60. The Kier molecular flexibility index (Phi) is 5.40. The zero-order valence-electron chi connectivity index (χ0n) is 13.8. The van der Waals surface area contributed by atoms with Gasteiger partial charge in [-0.05, 0) is 25.8 Å². The van der Waals surface area contributed by atoms with Crippen LogP contribution in [0.2, 0.25) is 0 Å². The molecule has 0 aliphatic heterocycles. The maximum atomic E-state index is 11.1. The van der Waals surface area contributed by atoms with E-state index in [2.05, 4.69) is 20.8 Å². The van der Waals surface area contributed by atoms with Gasteiger partial charge in [-0.15, -0.1) is 10.2 Å². The summed E-state index contributed by atoms with van der Waals surface area (Å²) in [6, 6.07) is 8.02. The third-order valence-corrected chi connectivity index (χ3v) is 4.91. The van der Waals surface area contributed by atoms with E-state index >= 15 is 0 Å². The van der Waals surface area contributed by atoms with E-state index < -0.39 is 0 Å². The van der Waals surface area contributed by atoms with Crippen molar-refractivity contribution >= 4 is 17.7 Å². The van der Waals surface area contributed by atoms with E-state index in [-0.39, 0.29) is 5.91 Å². The molecule has 1 aromatic heterocycles. The number of aromatic nitrogens is 3. The lowest BCUT2D eigenvalue weighted by atomic mass is 10.2. The summed E-state index contributed by atoms with van der Waals surface area (Å²) in [5.74, 6) is 2.81. The van der Waals surface area contributed by atoms with Gasteiger partial charge < -0.3 is 15.0 Å². The molecule has 1 amide bonds. The van der Waals surface area contributed by atoms with Gasteiger partial charge in [0.25, 0.3) is 0 Å². The Morgan fingerprint density at radius 1 is 1.38 bits per heavy atom. The van der Waals surface area contributed by atoms with Crippen LogP contribution in [0.4, 0.5) is 0 Å². The van der Waals surface area contributed by atoms with Crippen molar-refractivity contribution in [3.63, 3.8) is 0 Å². The molecule has 2 aromatic rings. The summed E-state index contributed by atoms with van der Waals surface area (Å²) in [6.45, 7) is 3.16. The maximum Gasteiger partial charge on any atom is 0.219 e. The van der Waals surface area contributed by atoms with Crippen molar-refractivity contribution in [2.45, 2.75) is 49.6 Å². The summed E-state index contributed by atoms with van der Waals surface area (Å²) in [7, 11) is 0. The highest BCUT2D eigenvalue weighted by Crippen LogP contribution is 2.40. The largest absolute Gasteiger partial charge is 0.494 e. The van der Waals surface area contributed by atoms with Gasteiger partial charge in [0, 0.05) is 30.2 Å². The molecule has 24 heavy (non-hydrogen) atoms. The van der Waals surface area contributed by atoms with Crippen LogP contribution < -0.4 is 10.5 Å². The van der Waals surface area contributed by atoms with E-state index in [4.69, 9.17) is 10.5 Å². The lowest BCUT2D eigenvalue weighted by Gasteiger charge is -2.11. The second-order valence-corrected chi connectivity index (χ2v) is 6.75. The maximum absolute atomic E-state index is 11.1. The van der Waals surface area contributed by atoms with Crippen LogP contribution in [0.5, 0.6) is 5.75 Å². The van der Waals surface area contributed by atoms with Gasteiger partial charge in [-0.25, -0.2) is 0 Å². The minimum atomic E-state index is -0.303. The van der Waals surface area contributed by atoms with Crippen LogP contribution in [0.25, 0.3) is 0 Å². The second kappa shape index (κ2) is 7.70. The number of primary amides is 1. The molecule has 0 radical (unpaired) electrons. The molecule has 1 saturated carbocycles. The Balaban J connectivity index is 1.74. The van der Waals surface area contributed by atoms with Gasteiger partial charge in [-0.1, -0.05) is 30.0 Å². The fourth-order valence-corrected chi connectivity index (χ4v) is 3.51. The number of benzene rings is 1. The summed E-state index contributed by atoms with van der Waals surface area (Å²) in [4.78, 5) is 11.1. The quantitative estimate of drug-likeness (QED) is 0.706. The van der Waals surface area contributed by atoms with E-state index in [0.29, 0.717) is 25.5 Å². The molecule has 7 heteroatoms. The van der Waals surface area contributed by atoms with Crippen LogP contribution in [0.1, 0.15) is 43.5 Å². The summed E-state index contributed by atoms with van der Waals surface area (Å²) < 4.78 is 7.72. The van der Waals surface area contributed by atoms with E-state index in [9.17, 15) is 4.79 Å². The molecule has 0 saturated heterocycles. The Morgan fingerprint density at radius 2 is 2.17 bits per heavy atom. The molecule has 0 spiro atoms. The lowest BCUT2D eigenvalue weighted by molar-refractivity contribution is -0.118. The molecule has 1 aliphatic carbocycles. The third-order valence-electron chi connectivity index (χ3n) is 3.90. The van der Waals surface area contributed by atoms with Gasteiger partial charge in [-0.2, -0.15) is 0 Å². The Labute approximate surface area is 145 Å². The highest BCUT2D eigenvalue weighted by atomic mass is 32.2. The fraction of sp³-hybridized carbons (Fsp3) is 0.471. The van der Waals surface area contributed by atoms with Crippen LogP contribution in [-0.2, 0) is 17.1 Å². The first-order chi connectivity index (χ1) is 11.7. The van der Waals surface area contributed by atoms with E-state index in [1.54, 1.807) is 11.8 Å². The van der Waals surface area contributed by atoms with Crippen LogP contribution in [0, 0.1) is 0 Å². The Hall–Kier alpha value is -2.02. The SMILES string of the molecule is CCOc1ccccc1CSc1nnc(C2CC2)n1CCC(N)=O. The monoisotopic (exact) mass is 346 g/mol. The van der Waals surface area contributed by atoms with Gasteiger partial charge in [-0.3, -0.25) is 4.79 Å². The number of amides is 1. The van der Waals surface area contributed by atoms with Crippen molar-refractivity contribution in [3.05, 3.63) is 35.7 Å². The minimum Gasteiger partial charge on any atom is -0.494 e. The van der Waals surface area contributed by atoms with E-state index in [1.807, 2.05) is 25.1 Å². The van der Waals surface area contributed by atoms with Crippen LogP contribution in [0.15, 0.2) is 29.4 Å². The average Bonchev–Trinajstić information content (AvgIpc) is 3.33. The third kappa shape index (κ3) is 4.08. The molecule has 0 bridgehead atoms. The fourth-order valence-electron chi connectivity index (χ4n) is 2.54. The van der Waals surface area contributed by atoms with Crippen molar-refractivity contribution in [1.29, 1.82) is 0 Å². The Morgan fingerprint density at radius 3 is 2.88 bits per heavy atom. The molecular weight excluding hydrogens is 324 g/mol. The van der Waals surface area contributed by atoms with Crippen LogP contribution in [0.3, 0.4) is 0 Å². The molecule has 128 valence electrons. The highest BCUT2D eigenvalue weighted by Gasteiger charge is 2.30. The van der Waals surface area contributed by atoms with Crippen molar-refractivity contribution in [3.8, 4) is 5.75 Å². The molecule has 1 aliphatic rings. The molecule has 6 nitrogen and oxygen atoms in total. The predicted octanol–water partition coefficient (Wildman–Crippen LogP) is 2.72. The molecule has 0 unspecified atom stereocenters. The Bertz CT molecular complexity index is 712. The zero-order chi connectivity index (χ0) is 16.9. The number of carbonyl (C=O) groups excluding carboxylic acids is 1. The number of ether oxygens (including phenoxy) is 1. The van der Waals surface area contributed by atoms with Crippen LogP contribution in [-0.4, -0.2) is 27.3 Å². The van der Waals surface area contributed by atoms with Crippen LogP contribution >= 0.6 is 11.8 Å². The molecule has 3 rings (SSSR count). The number of hydrogen-bond acceptors (Lipinski definition) is 5. The summed E-state index contributed by atoms with van der Waals surface area (Å²) in [5.41, 5.74) is 6.43. The van der Waals surface area contributed by atoms with Crippen molar-refractivity contribution in [2.75, 3.05) is 6.61 Å². The molecule has 1 heterocycles. The lowest BCUT2D eigenvalue weighted by Crippen LogP contribution is -2.15. The first-order valence-corrected chi connectivity index (χ1v) is 9.22. The highest BCUT2D eigenvalue weighted by molar-refractivity contribution is 7.98. The van der Waals surface area contributed by atoms with Gasteiger partial charge in [0.1, 0.15) is 11.6 Å². The molecule has 1 fully saturated rings. The second-order valence-electron chi connectivity index (χ2n) is 5.81. The normalized spacial score (nSPS) is 13.9. The first kappa shape index (κ1) is 16.8. The number of hydrogen-bond donors (Lipinski definition) is 1. The standard InChI is InChI=1S/C17H22N4O2S/c1-2-23-14-6-4-3-5-13(14)11-24-17-20-19-16(12-7-8-12)21(17)10-9-15(18)22/h3-6,12H,2,7-11H2,1H3,(H2,18,22). The number of nitrogens with zero attached hydrogens (tertiary/aromatic N) is 3. The smallest absolute Gasteiger partial charge is 0.219 e. The van der Waals surface area contributed by atoms with E-state index in [0.717, 1.165) is 40.9 Å². The van der Waals surface area contributed by atoms with Gasteiger partial charge in [0.15, 0.2) is 5.16 Å². The van der Waals surface area contributed by atoms with Gasteiger partial charge in [0.2, 0.25) is 5.91 Å². The average molecular weight is 346 g/mol. The molecular formula is C17H22N4O2S. The molecule has 1 aromatic carbocycles. The predicted molar refractivity (Wildman–Crippen MR) is 93.0 cm³/mol. The molecule has 0 atom stereocenters. The van der Waals surface area contributed by atoms with E-state index in [1.165, 1.54) is 0 Å². The molecule has 2 N–H and O–H groups in total. The van der Waals surface area contributed by atoms with Gasteiger partial charge in [0.05, 0.1) is 6.61 Å². The zero-order valence-corrected chi connectivity index (χ0v) is 14.6. The van der Waals surface area contributed by atoms with Crippen molar-refractivity contribution < 1.29 is 9.53 Å². The number of rotatable bonds is 9. The minimum absolute atomic E-state index is 0.303. The number of para-hydroxylation sites is 1. The number of carbonyl (C=O) groups is 1. The van der Waals surface area contributed by atoms with Crippen molar-refractivity contribution in [2.24, 2.45) is 5.73 Å². The van der Waals surface area contributed by atoms with Gasteiger partial charge >= 0.3 is 0 Å². The summed E-state index contributed by atoms with van der Waals surface area (Å²) in [5, 5.41) is 9.50.